The van der Waals surface area contributed by atoms with Crippen LogP contribution in [0, 0.1) is 0 Å². The third-order valence-corrected chi connectivity index (χ3v) is 3.79. The van der Waals surface area contributed by atoms with E-state index in [1.807, 2.05) is 0 Å². The fourth-order valence-corrected chi connectivity index (χ4v) is 2.68. The van der Waals surface area contributed by atoms with Gasteiger partial charge in [-0.25, -0.2) is 8.42 Å². The molecule has 1 aromatic carbocycles. The van der Waals surface area contributed by atoms with Crippen LogP contribution in [0.4, 0.5) is 0 Å². The Morgan fingerprint density at radius 2 is 1.93 bits per heavy atom. The van der Waals surface area contributed by atoms with E-state index in [9.17, 15) is 8.42 Å². The average molecular weight is 226 g/mol. The Hall–Kier alpha value is -1.13. The van der Waals surface area contributed by atoms with Crippen molar-refractivity contribution in [2.75, 3.05) is 12.4 Å². The van der Waals surface area contributed by atoms with Crippen molar-refractivity contribution in [1.29, 1.82) is 0 Å². The quantitative estimate of drug-likeness (QED) is 0.789. The van der Waals surface area contributed by atoms with Gasteiger partial charge >= 0.3 is 0 Å². The van der Waals surface area contributed by atoms with Crippen molar-refractivity contribution in [2.45, 2.75) is 11.8 Å². The van der Waals surface area contributed by atoms with Crippen LogP contribution in [0.25, 0.3) is 0 Å². The van der Waals surface area contributed by atoms with Crippen LogP contribution in [0.15, 0.2) is 46.9 Å². The van der Waals surface area contributed by atoms with Crippen molar-refractivity contribution >= 4 is 9.84 Å². The molecule has 15 heavy (non-hydrogen) atoms. The maximum Gasteiger partial charge on any atom is 0.182 e. The van der Waals surface area contributed by atoms with Gasteiger partial charge in [-0.15, -0.1) is 0 Å². The van der Waals surface area contributed by atoms with Crippen molar-refractivity contribution in [3.8, 4) is 0 Å². The molecule has 3 nitrogen and oxygen atoms in total. The largest absolute Gasteiger partial charge is 0.392 e. The molecule has 4 heteroatoms. The normalized spacial score (nSPS) is 12.8. The summed E-state index contributed by atoms with van der Waals surface area (Å²) >= 11 is 0. The number of rotatable bonds is 4. The summed E-state index contributed by atoms with van der Waals surface area (Å²) in [6, 6.07) is 8.30. The van der Waals surface area contributed by atoms with Crippen LogP contribution in [0.1, 0.15) is 6.92 Å². The zero-order valence-corrected chi connectivity index (χ0v) is 9.37. The van der Waals surface area contributed by atoms with E-state index in [4.69, 9.17) is 5.11 Å². The number of aliphatic hydroxyl groups is 1. The lowest BCUT2D eigenvalue weighted by Gasteiger charge is -2.04. The first-order valence-electron chi connectivity index (χ1n) is 4.60. The standard InChI is InChI=1S/C11H14O3S/c1-10(7-8-12)9-15(13,14)11-5-3-2-4-6-11/h2-7,12H,8-9H2,1H3. The minimum atomic E-state index is -3.26. The van der Waals surface area contributed by atoms with Crippen molar-refractivity contribution in [3.05, 3.63) is 42.0 Å². The van der Waals surface area contributed by atoms with Gasteiger partial charge < -0.3 is 5.11 Å². The van der Waals surface area contributed by atoms with Crippen LogP contribution in [0.3, 0.4) is 0 Å². The Labute approximate surface area is 90.0 Å². The molecule has 0 unspecified atom stereocenters. The van der Waals surface area contributed by atoms with E-state index in [1.165, 1.54) is 6.08 Å². The second kappa shape index (κ2) is 5.09. The number of hydrogen-bond donors (Lipinski definition) is 1. The molecular weight excluding hydrogens is 212 g/mol. The molecule has 0 radical (unpaired) electrons. The van der Waals surface area contributed by atoms with E-state index in [0.717, 1.165) is 0 Å². The zero-order valence-electron chi connectivity index (χ0n) is 8.55. The van der Waals surface area contributed by atoms with Gasteiger partial charge in [0.1, 0.15) is 0 Å². The molecular formula is C11H14O3S. The molecule has 0 heterocycles. The van der Waals surface area contributed by atoms with Crippen molar-refractivity contribution < 1.29 is 13.5 Å². The summed E-state index contributed by atoms with van der Waals surface area (Å²) in [4.78, 5) is 0.315. The molecule has 0 spiro atoms. The molecule has 0 amide bonds. The predicted molar refractivity (Wildman–Crippen MR) is 59.3 cm³/mol. The van der Waals surface area contributed by atoms with Gasteiger partial charge in [0, 0.05) is 0 Å². The summed E-state index contributed by atoms with van der Waals surface area (Å²) < 4.78 is 23.6. The Balaban J connectivity index is 2.91. The molecule has 0 bridgehead atoms. The molecule has 0 aromatic heterocycles. The van der Waals surface area contributed by atoms with Gasteiger partial charge in [0.2, 0.25) is 0 Å². The van der Waals surface area contributed by atoms with Crippen molar-refractivity contribution in [2.24, 2.45) is 0 Å². The lowest BCUT2D eigenvalue weighted by Crippen LogP contribution is -2.07. The summed E-state index contributed by atoms with van der Waals surface area (Å²) in [5.41, 5.74) is 0.654. The third-order valence-electron chi connectivity index (χ3n) is 1.96. The number of aliphatic hydroxyl groups excluding tert-OH is 1. The fraction of sp³-hybridized carbons (Fsp3) is 0.273. The Morgan fingerprint density at radius 3 is 2.47 bits per heavy atom. The predicted octanol–water partition coefficient (Wildman–Crippen LogP) is 1.40. The fourth-order valence-electron chi connectivity index (χ4n) is 1.23. The molecule has 0 aliphatic heterocycles. The van der Waals surface area contributed by atoms with Crippen LogP contribution in [0.5, 0.6) is 0 Å². The SMILES string of the molecule is CC(=CCO)CS(=O)(=O)c1ccccc1. The van der Waals surface area contributed by atoms with Crippen molar-refractivity contribution in [3.63, 3.8) is 0 Å². The molecule has 0 aliphatic rings. The van der Waals surface area contributed by atoms with E-state index < -0.39 is 9.84 Å². The molecule has 0 saturated heterocycles. The maximum atomic E-state index is 11.8. The second-order valence-electron chi connectivity index (χ2n) is 3.31. The van der Waals surface area contributed by atoms with Gasteiger partial charge in [0.05, 0.1) is 17.3 Å². The minimum absolute atomic E-state index is 0.0441. The van der Waals surface area contributed by atoms with Crippen LogP contribution < -0.4 is 0 Å². The van der Waals surface area contributed by atoms with E-state index in [-0.39, 0.29) is 12.4 Å². The first kappa shape index (κ1) is 11.9. The number of sulfone groups is 1. The summed E-state index contributed by atoms with van der Waals surface area (Å²) in [7, 11) is -3.26. The molecule has 1 N–H and O–H groups in total. The Morgan fingerprint density at radius 1 is 1.33 bits per heavy atom. The van der Waals surface area contributed by atoms with Crippen molar-refractivity contribution in [1.82, 2.24) is 0 Å². The van der Waals surface area contributed by atoms with Crippen LogP contribution in [0.2, 0.25) is 0 Å². The van der Waals surface area contributed by atoms with Gasteiger partial charge in [0.25, 0.3) is 0 Å². The highest BCUT2D eigenvalue weighted by Crippen LogP contribution is 2.12. The zero-order chi connectivity index (χ0) is 11.3. The average Bonchev–Trinajstić information content (AvgIpc) is 2.18. The molecule has 0 saturated carbocycles. The highest BCUT2D eigenvalue weighted by molar-refractivity contribution is 7.91. The Bertz CT molecular complexity index is 432. The van der Waals surface area contributed by atoms with Gasteiger partial charge in [-0.2, -0.15) is 0 Å². The molecule has 0 aliphatic carbocycles. The van der Waals surface area contributed by atoms with Gasteiger partial charge in [-0.05, 0) is 19.1 Å². The summed E-state index contributed by atoms with van der Waals surface area (Å²) in [5.74, 6) is -0.0441. The molecule has 0 atom stereocenters. The highest BCUT2D eigenvalue weighted by Gasteiger charge is 2.13. The van der Waals surface area contributed by atoms with Crippen LogP contribution in [-0.2, 0) is 9.84 Å². The lowest BCUT2D eigenvalue weighted by atomic mass is 10.3. The third kappa shape index (κ3) is 3.49. The topological polar surface area (TPSA) is 54.4 Å². The monoisotopic (exact) mass is 226 g/mol. The first-order chi connectivity index (χ1) is 7.06. The first-order valence-corrected chi connectivity index (χ1v) is 6.26. The maximum absolute atomic E-state index is 11.8. The van der Waals surface area contributed by atoms with E-state index in [1.54, 1.807) is 37.3 Å². The number of benzene rings is 1. The number of hydrogen-bond acceptors (Lipinski definition) is 3. The highest BCUT2D eigenvalue weighted by atomic mass is 32.2. The molecule has 1 rings (SSSR count). The summed E-state index contributed by atoms with van der Waals surface area (Å²) in [6.45, 7) is 1.56. The summed E-state index contributed by atoms with van der Waals surface area (Å²) in [6.07, 6.45) is 1.50. The Kier molecular flexibility index (Phi) is 4.05. The van der Waals surface area contributed by atoms with Crippen LogP contribution >= 0.6 is 0 Å². The van der Waals surface area contributed by atoms with Gasteiger partial charge in [0.15, 0.2) is 9.84 Å². The summed E-state index contributed by atoms with van der Waals surface area (Å²) in [5, 5.41) is 8.63. The molecule has 82 valence electrons. The molecule has 0 fully saturated rings. The minimum Gasteiger partial charge on any atom is -0.392 e. The van der Waals surface area contributed by atoms with E-state index in [2.05, 4.69) is 0 Å². The van der Waals surface area contributed by atoms with E-state index >= 15 is 0 Å². The van der Waals surface area contributed by atoms with Gasteiger partial charge in [-0.3, -0.25) is 0 Å². The van der Waals surface area contributed by atoms with Crippen LogP contribution in [-0.4, -0.2) is 25.9 Å². The van der Waals surface area contributed by atoms with E-state index in [0.29, 0.717) is 10.5 Å². The smallest absolute Gasteiger partial charge is 0.182 e. The van der Waals surface area contributed by atoms with Gasteiger partial charge in [-0.1, -0.05) is 29.8 Å². The second-order valence-corrected chi connectivity index (χ2v) is 5.29. The molecule has 1 aromatic rings. The lowest BCUT2D eigenvalue weighted by molar-refractivity contribution is 0.342.